The van der Waals surface area contributed by atoms with Gasteiger partial charge in [-0.15, -0.1) is 0 Å². The molecular formula is C61H40N4O. The molecule has 0 amide bonds. The van der Waals surface area contributed by atoms with Gasteiger partial charge in [0.15, 0.2) is 5.84 Å². The van der Waals surface area contributed by atoms with Gasteiger partial charge in [-0.3, -0.25) is 0 Å². The van der Waals surface area contributed by atoms with Gasteiger partial charge in [0.25, 0.3) is 0 Å². The Hall–Kier alpha value is -8.80. The molecule has 1 aliphatic rings. The van der Waals surface area contributed by atoms with Gasteiger partial charge in [-0.05, 0) is 87.1 Å². The molecule has 0 saturated heterocycles. The van der Waals surface area contributed by atoms with Crippen molar-refractivity contribution in [2.45, 2.75) is 6.17 Å². The summed E-state index contributed by atoms with van der Waals surface area (Å²) in [6.45, 7) is 0. The summed E-state index contributed by atoms with van der Waals surface area (Å²) in [6.07, 6.45) is -0.442. The average Bonchev–Trinajstić information content (AvgIpc) is 3.93. The number of benzene rings is 10. The second kappa shape index (κ2) is 15.5. The molecule has 13 rings (SSSR count). The number of aliphatic imine (C=N–C) groups is 2. The first-order valence-corrected chi connectivity index (χ1v) is 22.4. The maximum Gasteiger partial charge on any atom is 0.159 e. The monoisotopic (exact) mass is 844 g/mol. The van der Waals surface area contributed by atoms with Crippen LogP contribution < -0.4 is 5.32 Å². The molecule has 1 aliphatic heterocycles. The second-order valence-corrected chi connectivity index (χ2v) is 16.9. The Kier molecular flexibility index (Phi) is 8.84. The number of hydrogen-bond acceptors (Lipinski definition) is 4. The minimum atomic E-state index is -0.442. The van der Waals surface area contributed by atoms with Crippen LogP contribution in [-0.2, 0) is 0 Å². The van der Waals surface area contributed by atoms with Crippen LogP contribution in [0.3, 0.4) is 0 Å². The van der Waals surface area contributed by atoms with E-state index in [2.05, 4.69) is 234 Å². The van der Waals surface area contributed by atoms with E-state index in [9.17, 15) is 0 Å². The third-order valence-electron chi connectivity index (χ3n) is 13.1. The maximum atomic E-state index is 6.54. The molecular weight excluding hydrogens is 805 g/mol. The van der Waals surface area contributed by atoms with Crippen molar-refractivity contribution in [2.24, 2.45) is 9.98 Å². The predicted molar refractivity (Wildman–Crippen MR) is 274 cm³/mol. The van der Waals surface area contributed by atoms with Crippen LogP contribution in [0.1, 0.15) is 22.9 Å². The van der Waals surface area contributed by atoms with Crippen molar-refractivity contribution < 1.29 is 4.42 Å². The van der Waals surface area contributed by atoms with E-state index in [-0.39, 0.29) is 0 Å². The van der Waals surface area contributed by atoms with Gasteiger partial charge in [-0.2, -0.15) is 0 Å². The number of rotatable bonds is 7. The minimum Gasteiger partial charge on any atom is -0.456 e. The molecule has 0 radical (unpaired) electrons. The standard InChI is InChI=1S/C61H40N4O/c1-3-18-39(19-4-1)44-24-9-11-27-48(44)60-62-59(63-61(64-60)49-28-12-10-25-45(49)40-20-5-2-6-21-40)43-34-35-54(52(37-43)47-30-17-33-57-58(47)50-29-14-16-32-56(50)66-57)65-53-31-15-13-26-46(53)51-36-41-22-7-8-23-42(41)38-55(51)65/h1-38,60H,(H,62,63,64). The van der Waals surface area contributed by atoms with E-state index in [4.69, 9.17) is 14.4 Å². The Bertz CT molecular complexity index is 3920. The lowest BCUT2D eigenvalue weighted by Crippen LogP contribution is -2.34. The van der Waals surface area contributed by atoms with Gasteiger partial charge in [-0.25, -0.2) is 9.98 Å². The number of nitrogens with zero attached hydrogens (tertiary/aromatic N) is 3. The zero-order chi connectivity index (χ0) is 43.6. The molecule has 0 fully saturated rings. The van der Waals surface area contributed by atoms with Crippen LogP contribution in [0.15, 0.2) is 245 Å². The first-order chi connectivity index (χ1) is 32.7. The smallest absolute Gasteiger partial charge is 0.159 e. The molecule has 66 heavy (non-hydrogen) atoms. The summed E-state index contributed by atoms with van der Waals surface area (Å²) < 4.78 is 8.98. The van der Waals surface area contributed by atoms with Crippen molar-refractivity contribution in [3.63, 3.8) is 0 Å². The van der Waals surface area contributed by atoms with Crippen molar-refractivity contribution in [3.05, 3.63) is 247 Å². The van der Waals surface area contributed by atoms with Crippen molar-refractivity contribution in [1.82, 2.24) is 9.88 Å². The first kappa shape index (κ1) is 37.7. The number of aromatic nitrogens is 1. The van der Waals surface area contributed by atoms with Crippen LogP contribution in [0.2, 0.25) is 0 Å². The van der Waals surface area contributed by atoms with Crippen molar-refractivity contribution in [1.29, 1.82) is 0 Å². The quantitative estimate of drug-likeness (QED) is 0.174. The molecule has 0 spiro atoms. The SMILES string of the molecule is c1ccc(-c2ccccc2C2=NC(c3ccc(-n4c5ccccc5c5cc6ccccc6cc54)c(-c4cccc5oc6ccccc6c45)c3)=NC(c3ccccc3-c3ccccc3)N2)cc1. The van der Waals surface area contributed by atoms with Gasteiger partial charge >= 0.3 is 0 Å². The molecule has 1 N–H and O–H groups in total. The summed E-state index contributed by atoms with van der Waals surface area (Å²) in [5.41, 5.74) is 14.6. The van der Waals surface area contributed by atoms with Crippen LogP contribution in [-0.4, -0.2) is 16.2 Å². The van der Waals surface area contributed by atoms with E-state index in [1.165, 1.54) is 21.5 Å². The molecule has 1 atom stereocenters. The van der Waals surface area contributed by atoms with Gasteiger partial charge in [0.2, 0.25) is 0 Å². The summed E-state index contributed by atoms with van der Waals surface area (Å²) in [6, 6.07) is 81.7. The Balaban J connectivity index is 1.09. The van der Waals surface area contributed by atoms with Gasteiger partial charge in [0.1, 0.15) is 23.2 Å². The molecule has 3 heterocycles. The fraction of sp³-hybridized carbons (Fsp3) is 0.0164. The number of nitrogens with one attached hydrogen (secondary N) is 1. The first-order valence-electron chi connectivity index (χ1n) is 22.4. The number of para-hydroxylation sites is 2. The third kappa shape index (κ3) is 6.24. The summed E-state index contributed by atoms with van der Waals surface area (Å²) in [4.78, 5) is 11.0. The Labute approximate surface area is 381 Å². The molecule has 310 valence electrons. The lowest BCUT2D eigenvalue weighted by atomic mass is 9.94. The molecule has 0 bridgehead atoms. The summed E-state index contributed by atoms with van der Waals surface area (Å²) in [7, 11) is 0. The average molecular weight is 845 g/mol. The summed E-state index contributed by atoms with van der Waals surface area (Å²) in [5.74, 6) is 1.40. The van der Waals surface area contributed by atoms with Crippen LogP contribution in [0.25, 0.3) is 93.6 Å². The number of hydrogen-bond donors (Lipinski definition) is 1. The van der Waals surface area contributed by atoms with Gasteiger partial charge in [-0.1, -0.05) is 182 Å². The molecule has 5 nitrogen and oxygen atoms in total. The van der Waals surface area contributed by atoms with Crippen LogP contribution in [0.5, 0.6) is 0 Å². The Morgan fingerprint density at radius 3 is 1.85 bits per heavy atom. The molecule has 10 aromatic carbocycles. The van der Waals surface area contributed by atoms with E-state index < -0.39 is 6.17 Å². The highest BCUT2D eigenvalue weighted by Crippen LogP contribution is 2.43. The fourth-order valence-electron chi connectivity index (χ4n) is 10.1. The second-order valence-electron chi connectivity index (χ2n) is 16.9. The molecule has 12 aromatic rings. The lowest BCUT2D eigenvalue weighted by Gasteiger charge is -2.26. The van der Waals surface area contributed by atoms with Crippen molar-refractivity contribution in [3.8, 4) is 39.1 Å². The number of fused-ring (bicyclic) bond motifs is 7. The number of amidine groups is 2. The van der Waals surface area contributed by atoms with Gasteiger partial charge < -0.3 is 14.3 Å². The predicted octanol–water partition coefficient (Wildman–Crippen LogP) is 15.3. The fourth-order valence-corrected chi connectivity index (χ4v) is 10.1. The normalized spacial score (nSPS) is 13.9. The topological polar surface area (TPSA) is 54.8 Å². The maximum absolute atomic E-state index is 6.54. The summed E-state index contributed by atoms with van der Waals surface area (Å²) >= 11 is 0. The Morgan fingerprint density at radius 2 is 1.03 bits per heavy atom. The zero-order valence-corrected chi connectivity index (χ0v) is 35.8. The Morgan fingerprint density at radius 1 is 0.409 bits per heavy atom. The van der Waals surface area contributed by atoms with Gasteiger partial charge in [0, 0.05) is 43.8 Å². The largest absolute Gasteiger partial charge is 0.456 e. The zero-order valence-electron chi connectivity index (χ0n) is 35.8. The molecule has 0 saturated carbocycles. The third-order valence-corrected chi connectivity index (χ3v) is 13.1. The molecule has 5 heteroatoms. The molecule has 2 aromatic heterocycles. The van der Waals surface area contributed by atoms with Crippen molar-refractivity contribution in [2.75, 3.05) is 0 Å². The highest BCUT2D eigenvalue weighted by Gasteiger charge is 2.27. The van der Waals surface area contributed by atoms with E-state index in [1.807, 2.05) is 6.07 Å². The lowest BCUT2D eigenvalue weighted by molar-refractivity contribution is 0.669. The molecule has 0 aliphatic carbocycles. The summed E-state index contributed by atoms with van der Waals surface area (Å²) in [5, 5.41) is 10.8. The van der Waals surface area contributed by atoms with Gasteiger partial charge in [0.05, 0.1) is 16.7 Å². The number of furan rings is 1. The van der Waals surface area contributed by atoms with Crippen LogP contribution >= 0.6 is 0 Å². The molecule has 1 unspecified atom stereocenters. The van der Waals surface area contributed by atoms with E-state index in [0.29, 0.717) is 5.84 Å². The highest BCUT2D eigenvalue weighted by molar-refractivity contribution is 6.18. The van der Waals surface area contributed by atoms with Crippen LogP contribution in [0, 0.1) is 0 Å². The highest BCUT2D eigenvalue weighted by atomic mass is 16.3. The van der Waals surface area contributed by atoms with E-state index in [1.54, 1.807) is 0 Å². The van der Waals surface area contributed by atoms with Crippen molar-refractivity contribution >= 4 is 66.2 Å². The minimum absolute atomic E-state index is 0.442. The van der Waals surface area contributed by atoms with E-state index >= 15 is 0 Å². The van der Waals surface area contributed by atoms with Crippen LogP contribution in [0.4, 0.5) is 0 Å². The van der Waals surface area contributed by atoms with E-state index in [0.717, 1.165) is 94.6 Å².